The molecule has 0 saturated heterocycles. The van der Waals surface area contributed by atoms with Gasteiger partial charge in [-0.1, -0.05) is 19.9 Å². The Morgan fingerprint density at radius 1 is 1.43 bits per heavy atom. The second kappa shape index (κ2) is 4.00. The molecule has 1 aromatic heterocycles. The van der Waals surface area contributed by atoms with Gasteiger partial charge in [0.05, 0.1) is 0 Å². The maximum absolute atomic E-state index is 13.0. The lowest BCUT2D eigenvalue weighted by molar-refractivity contribution is -0.0593. The van der Waals surface area contributed by atoms with Crippen molar-refractivity contribution < 1.29 is 13.9 Å². The lowest BCUT2D eigenvalue weighted by Gasteiger charge is -2.14. The highest BCUT2D eigenvalue weighted by Crippen LogP contribution is 2.26. The molecule has 0 aliphatic heterocycles. The quantitative estimate of drug-likeness (QED) is 0.813. The predicted octanol–water partition coefficient (Wildman–Crippen LogP) is 2.29. The fourth-order valence-electron chi connectivity index (χ4n) is 1.06. The standard InChI is InChI=1S/C10H13F2NO/c1-7(2)8-4-3-5-9(13-8)10(11,12)6-14/h3-5,7,14H,6H2,1-2H3. The van der Waals surface area contributed by atoms with E-state index in [9.17, 15) is 8.78 Å². The Balaban J connectivity index is 3.05. The summed E-state index contributed by atoms with van der Waals surface area (Å²) in [4.78, 5) is 3.80. The van der Waals surface area contributed by atoms with Crippen molar-refractivity contribution in [2.75, 3.05) is 6.61 Å². The zero-order valence-corrected chi connectivity index (χ0v) is 8.17. The highest BCUT2D eigenvalue weighted by Gasteiger charge is 2.32. The Labute approximate surface area is 81.6 Å². The van der Waals surface area contributed by atoms with Crippen LogP contribution in [0, 0.1) is 0 Å². The third-order valence-electron chi connectivity index (χ3n) is 1.94. The van der Waals surface area contributed by atoms with E-state index < -0.39 is 12.5 Å². The van der Waals surface area contributed by atoms with Crippen LogP contribution in [0.15, 0.2) is 18.2 Å². The van der Waals surface area contributed by atoms with Gasteiger partial charge in [0.25, 0.3) is 0 Å². The van der Waals surface area contributed by atoms with Crippen molar-refractivity contribution in [1.29, 1.82) is 0 Å². The Kier molecular flexibility index (Phi) is 3.16. The molecule has 1 N–H and O–H groups in total. The first-order chi connectivity index (χ1) is 6.47. The van der Waals surface area contributed by atoms with Gasteiger partial charge in [0, 0.05) is 5.69 Å². The largest absolute Gasteiger partial charge is 0.390 e. The molecule has 0 spiro atoms. The lowest BCUT2D eigenvalue weighted by Crippen LogP contribution is -2.20. The molecule has 0 radical (unpaired) electrons. The maximum atomic E-state index is 13.0. The van der Waals surface area contributed by atoms with E-state index in [1.54, 1.807) is 6.07 Å². The minimum Gasteiger partial charge on any atom is -0.390 e. The second-order valence-corrected chi connectivity index (χ2v) is 3.46. The summed E-state index contributed by atoms with van der Waals surface area (Å²) in [6.45, 7) is 2.55. The number of rotatable bonds is 3. The van der Waals surface area contributed by atoms with E-state index in [-0.39, 0.29) is 11.6 Å². The summed E-state index contributed by atoms with van der Waals surface area (Å²) in [7, 11) is 0. The van der Waals surface area contributed by atoms with Crippen molar-refractivity contribution in [2.24, 2.45) is 0 Å². The molecule has 14 heavy (non-hydrogen) atoms. The fraction of sp³-hybridized carbons (Fsp3) is 0.500. The smallest absolute Gasteiger partial charge is 0.312 e. The number of hydrogen-bond acceptors (Lipinski definition) is 2. The first-order valence-electron chi connectivity index (χ1n) is 4.43. The van der Waals surface area contributed by atoms with E-state index in [1.165, 1.54) is 12.1 Å². The van der Waals surface area contributed by atoms with Gasteiger partial charge in [-0.3, -0.25) is 4.98 Å². The van der Waals surface area contributed by atoms with Crippen LogP contribution in [0.3, 0.4) is 0 Å². The van der Waals surface area contributed by atoms with Crippen molar-refractivity contribution in [3.05, 3.63) is 29.6 Å². The predicted molar refractivity (Wildman–Crippen MR) is 49.3 cm³/mol. The molecule has 0 fully saturated rings. The number of halogens is 2. The molecule has 0 bridgehead atoms. The number of alkyl halides is 2. The fourth-order valence-corrected chi connectivity index (χ4v) is 1.06. The molecular weight excluding hydrogens is 188 g/mol. The monoisotopic (exact) mass is 201 g/mol. The van der Waals surface area contributed by atoms with Gasteiger partial charge in [0.2, 0.25) is 0 Å². The Morgan fingerprint density at radius 2 is 2.07 bits per heavy atom. The highest BCUT2D eigenvalue weighted by molar-refractivity contribution is 5.17. The minimum atomic E-state index is -3.25. The van der Waals surface area contributed by atoms with Crippen molar-refractivity contribution in [3.8, 4) is 0 Å². The Hall–Kier alpha value is -1.03. The molecule has 2 nitrogen and oxygen atoms in total. The molecule has 1 rings (SSSR count). The van der Waals surface area contributed by atoms with Gasteiger partial charge in [-0.2, -0.15) is 8.78 Å². The zero-order chi connectivity index (χ0) is 10.8. The molecule has 1 aromatic rings. The topological polar surface area (TPSA) is 33.1 Å². The SMILES string of the molecule is CC(C)c1cccc(C(F)(F)CO)n1. The normalized spacial score (nSPS) is 12.1. The Morgan fingerprint density at radius 3 is 2.57 bits per heavy atom. The summed E-state index contributed by atoms with van der Waals surface area (Å²) in [6.07, 6.45) is 0. The van der Waals surface area contributed by atoms with Crippen LogP contribution in [0.1, 0.15) is 31.2 Å². The summed E-state index contributed by atoms with van der Waals surface area (Å²) in [6, 6.07) is 4.45. The van der Waals surface area contributed by atoms with Gasteiger partial charge in [-0.05, 0) is 18.1 Å². The molecule has 0 aliphatic carbocycles. The molecule has 1 heterocycles. The minimum absolute atomic E-state index is 0.101. The average molecular weight is 201 g/mol. The van der Waals surface area contributed by atoms with E-state index in [1.807, 2.05) is 13.8 Å². The average Bonchev–Trinajstić information content (AvgIpc) is 2.18. The van der Waals surface area contributed by atoms with Crippen LogP contribution in [-0.4, -0.2) is 16.7 Å². The van der Waals surface area contributed by atoms with Crippen LogP contribution >= 0.6 is 0 Å². The molecule has 0 unspecified atom stereocenters. The van der Waals surface area contributed by atoms with Crippen LogP contribution in [0.4, 0.5) is 8.78 Å². The van der Waals surface area contributed by atoms with Gasteiger partial charge in [0.15, 0.2) is 0 Å². The third-order valence-corrected chi connectivity index (χ3v) is 1.94. The summed E-state index contributed by atoms with van der Waals surface area (Å²) in [5.41, 5.74) is 0.238. The van der Waals surface area contributed by atoms with Gasteiger partial charge >= 0.3 is 5.92 Å². The van der Waals surface area contributed by atoms with Gasteiger partial charge in [-0.25, -0.2) is 0 Å². The number of aromatic nitrogens is 1. The van der Waals surface area contributed by atoms with Gasteiger partial charge < -0.3 is 5.11 Å². The summed E-state index contributed by atoms with van der Waals surface area (Å²) < 4.78 is 26.0. The molecule has 0 amide bonds. The summed E-state index contributed by atoms with van der Waals surface area (Å²) in [5.74, 6) is -3.14. The van der Waals surface area contributed by atoms with E-state index >= 15 is 0 Å². The molecular formula is C10H13F2NO. The number of nitrogens with zero attached hydrogens (tertiary/aromatic N) is 1. The molecule has 0 saturated carbocycles. The Bertz CT molecular complexity index is 313. The molecule has 0 aliphatic rings. The molecule has 0 atom stereocenters. The van der Waals surface area contributed by atoms with Crippen LogP contribution < -0.4 is 0 Å². The van der Waals surface area contributed by atoms with Crippen molar-refractivity contribution in [1.82, 2.24) is 4.98 Å². The molecule has 4 heteroatoms. The lowest BCUT2D eigenvalue weighted by atomic mass is 10.1. The van der Waals surface area contributed by atoms with Crippen LogP contribution in [0.25, 0.3) is 0 Å². The maximum Gasteiger partial charge on any atom is 0.312 e. The third kappa shape index (κ3) is 2.26. The van der Waals surface area contributed by atoms with E-state index in [0.29, 0.717) is 5.69 Å². The van der Waals surface area contributed by atoms with E-state index in [4.69, 9.17) is 5.11 Å². The van der Waals surface area contributed by atoms with Gasteiger partial charge in [-0.15, -0.1) is 0 Å². The first-order valence-corrected chi connectivity index (χ1v) is 4.43. The van der Waals surface area contributed by atoms with Crippen LogP contribution in [0.5, 0.6) is 0 Å². The molecule has 0 aromatic carbocycles. The zero-order valence-electron chi connectivity index (χ0n) is 8.17. The van der Waals surface area contributed by atoms with Gasteiger partial charge in [0.1, 0.15) is 12.3 Å². The first kappa shape index (κ1) is 11.0. The summed E-state index contributed by atoms with van der Waals surface area (Å²) >= 11 is 0. The van der Waals surface area contributed by atoms with Crippen LogP contribution in [-0.2, 0) is 5.92 Å². The van der Waals surface area contributed by atoms with Crippen molar-refractivity contribution in [3.63, 3.8) is 0 Å². The number of aliphatic hydroxyl groups is 1. The highest BCUT2D eigenvalue weighted by atomic mass is 19.3. The van der Waals surface area contributed by atoms with Crippen molar-refractivity contribution in [2.45, 2.75) is 25.7 Å². The number of pyridine rings is 1. The molecule has 78 valence electrons. The van der Waals surface area contributed by atoms with E-state index in [2.05, 4.69) is 4.98 Å². The second-order valence-electron chi connectivity index (χ2n) is 3.46. The summed E-state index contributed by atoms with van der Waals surface area (Å²) in [5, 5.41) is 8.49. The van der Waals surface area contributed by atoms with E-state index in [0.717, 1.165) is 0 Å². The number of hydrogen-bond donors (Lipinski definition) is 1. The van der Waals surface area contributed by atoms with Crippen LogP contribution in [0.2, 0.25) is 0 Å². The van der Waals surface area contributed by atoms with Crippen molar-refractivity contribution >= 4 is 0 Å². The number of aliphatic hydroxyl groups excluding tert-OH is 1.